The van der Waals surface area contributed by atoms with Crippen LogP contribution in [-0.4, -0.2) is 17.1 Å². The molecular weight excluding hydrogens is 272 g/mol. The Hall–Kier alpha value is -1.07. The number of rotatable bonds is 5. The lowest BCUT2D eigenvalue weighted by Crippen LogP contribution is -2.30. The zero-order valence-corrected chi connectivity index (χ0v) is 10.6. The number of nitrogens with one attached hydrogen (secondary N) is 1. The molecular formula is C11H15BrN2O2. The van der Waals surface area contributed by atoms with Crippen LogP contribution in [0.4, 0.5) is 0 Å². The summed E-state index contributed by atoms with van der Waals surface area (Å²) in [4.78, 5) is 10.7. The first-order valence-corrected chi connectivity index (χ1v) is 5.77. The zero-order chi connectivity index (χ0) is 12.1. The van der Waals surface area contributed by atoms with Crippen molar-refractivity contribution in [2.24, 2.45) is 5.73 Å². The van der Waals surface area contributed by atoms with Crippen LogP contribution in [0.25, 0.3) is 0 Å². The summed E-state index contributed by atoms with van der Waals surface area (Å²) in [5.74, 6) is -0.0965. The van der Waals surface area contributed by atoms with Crippen molar-refractivity contribution in [3.05, 3.63) is 28.2 Å². The Kier molecular flexibility index (Phi) is 4.76. The summed E-state index contributed by atoms with van der Waals surface area (Å²) in [6.07, 6.45) is 0.319. The molecule has 4 N–H and O–H groups in total. The summed E-state index contributed by atoms with van der Waals surface area (Å²) >= 11 is 3.24. The zero-order valence-electron chi connectivity index (χ0n) is 9.03. The number of aromatic hydroxyl groups is 1. The average molecular weight is 287 g/mol. The van der Waals surface area contributed by atoms with Crippen LogP contribution in [0.3, 0.4) is 0 Å². The van der Waals surface area contributed by atoms with Gasteiger partial charge in [-0.1, -0.05) is 6.07 Å². The van der Waals surface area contributed by atoms with Gasteiger partial charge in [0.05, 0.1) is 4.47 Å². The Morgan fingerprint density at radius 2 is 2.31 bits per heavy atom. The van der Waals surface area contributed by atoms with Gasteiger partial charge in [-0.05, 0) is 40.5 Å². The van der Waals surface area contributed by atoms with Crippen LogP contribution in [0, 0.1) is 0 Å². The van der Waals surface area contributed by atoms with Gasteiger partial charge in [0.2, 0.25) is 5.91 Å². The van der Waals surface area contributed by atoms with E-state index in [0.29, 0.717) is 17.4 Å². The molecule has 0 aromatic heterocycles. The highest BCUT2D eigenvalue weighted by Crippen LogP contribution is 2.24. The quantitative estimate of drug-likeness (QED) is 0.768. The molecule has 0 aliphatic heterocycles. The molecule has 0 saturated heterocycles. The molecule has 88 valence electrons. The van der Waals surface area contributed by atoms with Gasteiger partial charge in [0.15, 0.2) is 0 Å². The van der Waals surface area contributed by atoms with Crippen LogP contribution in [0.5, 0.6) is 5.75 Å². The van der Waals surface area contributed by atoms with Crippen LogP contribution in [-0.2, 0) is 11.3 Å². The summed E-state index contributed by atoms with van der Waals surface area (Å²) in [6, 6.07) is 5.33. The van der Waals surface area contributed by atoms with Gasteiger partial charge in [0.25, 0.3) is 0 Å². The third-order valence-corrected chi connectivity index (χ3v) is 2.81. The molecule has 0 saturated carbocycles. The van der Waals surface area contributed by atoms with Gasteiger partial charge in [-0.15, -0.1) is 0 Å². The number of phenols is 1. The van der Waals surface area contributed by atoms with Crippen molar-refractivity contribution in [3.63, 3.8) is 0 Å². The van der Waals surface area contributed by atoms with E-state index >= 15 is 0 Å². The Bertz CT molecular complexity index is 382. The van der Waals surface area contributed by atoms with Crippen molar-refractivity contribution in [3.8, 4) is 5.75 Å². The number of benzene rings is 1. The minimum Gasteiger partial charge on any atom is -0.507 e. The van der Waals surface area contributed by atoms with Crippen LogP contribution in [0.1, 0.15) is 18.9 Å². The van der Waals surface area contributed by atoms with Gasteiger partial charge in [0.1, 0.15) is 5.75 Å². The van der Waals surface area contributed by atoms with E-state index in [-0.39, 0.29) is 17.7 Å². The van der Waals surface area contributed by atoms with Gasteiger partial charge in [-0.2, -0.15) is 0 Å². The maximum atomic E-state index is 10.7. The molecule has 0 radical (unpaired) electrons. The Labute approximate surface area is 103 Å². The number of hydrogen-bond acceptors (Lipinski definition) is 3. The molecule has 0 fully saturated rings. The Morgan fingerprint density at radius 1 is 1.62 bits per heavy atom. The molecule has 0 aliphatic rings. The van der Waals surface area contributed by atoms with Gasteiger partial charge in [0, 0.05) is 19.0 Å². The number of phenolic OH excluding ortho intramolecular Hbond substituents is 1. The summed E-state index contributed by atoms with van der Waals surface area (Å²) in [5, 5.41) is 12.5. The molecule has 0 spiro atoms. The second kappa shape index (κ2) is 5.86. The molecule has 4 nitrogen and oxygen atoms in total. The van der Waals surface area contributed by atoms with Crippen LogP contribution in [0.15, 0.2) is 22.7 Å². The van der Waals surface area contributed by atoms with Gasteiger partial charge in [-0.25, -0.2) is 0 Å². The van der Waals surface area contributed by atoms with E-state index in [1.807, 2.05) is 19.1 Å². The number of halogens is 1. The fraction of sp³-hybridized carbons (Fsp3) is 0.364. The van der Waals surface area contributed by atoms with Crippen molar-refractivity contribution in [1.82, 2.24) is 5.32 Å². The van der Waals surface area contributed by atoms with Crippen molar-refractivity contribution in [2.75, 3.05) is 0 Å². The topological polar surface area (TPSA) is 75.4 Å². The average Bonchev–Trinajstić information content (AvgIpc) is 2.19. The van der Waals surface area contributed by atoms with Crippen molar-refractivity contribution in [1.29, 1.82) is 0 Å². The third-order valence-electron chi connectivity index (χ3n) is 2.17. The predicted molar refractivity (Wildman–Crippen MR) is 65.9 cm³/mol. The summed E-state index contributed by atoms with van der Waals surface area (Å²) in [5.41, 5.74) is 6.12. The number of primary amides is 1. The molecule has 1 rings (SSSR count). The van der Waals surface area contributed by atoms with E-state index in [9.17, 15) is 9.90 Å². The number of hydrogen-bond donors (Lipinski definition) is 3. The van der Waals surface area contributed by atoms with E-state index in [4.69, 9.17) is 5.73 Å². The lowest BCUT2D eigenvalue weighted by atomic mass is 10.2. The first-order chi connectivity index (χ1) is 7.49. The minimum absolute atomic E-state index is 0.0464. The van der Waals surface area contributed by atoms with Gasteiger partial charge >= 0.3 is 0 Å². The lowest BCUT2D eigenvalue weighted by molar-refractivity contribution is -0.118. The van der Waals surface area contributed by atoms with Gasteiger partial charge in [-0.3, -0.25) is 4.79 Å². The second-order valence-corrected chi connectivity index (χ2v) is 4.59. The molecule has 1 atom stereocenters. The number of carbonyl (C=O) groups is 1. The largest absolute Gasteiger partial charge is 0.507 e. The van der Waals surface area contributed by atoms with E-state index in [1.165, 1.54) is 0 Å². The summed E-state index contributed by atoms with van der Waals surface area (Å²) in [7, 11) is 0. The predicted octanol–water partition coefficient (Wildman–Crippen LogP) is 1.51. The highest BCUT2D eigenvalue weighted by molar-refractivity contribution is 9.10. The molecule has 16 heavy (non-hydrogen) atoms. The SMILES string of the molecule is CC(CC(N)=O)NCc1ccc(O)c(Br)c1. The third kappa shape index (κ3) is 4.20. The summed E-state index contributed by atoms with van der Waals surface area (Å²) in [6.45, 7) is 2.54. The van der Waals surface area contributed by atoms with E-state index in [0.717, 1.165) is 5.56 Å². The van der Waals surface area contributed by atoms with Crippen molar-refractivity contribution >= 4 is 21.8 Å². The Morgan fingerprint density at radius 3 is 2.88 bits per heavy atom. The summed E-state index contributed by atoms with van der Waals surface area (Å²) < 4.78 is 0.661. The molecule has 1 unspecified atom stereocenters. The molecule has 1 aromatic carbocycles. The van der Waals surface area contributed by atoms with Crippen molar-refractivity contribution < 1.29 is 9.90 Å². The molecule has 1 aromatic rings. The molecule has 0 aliphatic carbocycles. The van der Waals surface area contributed by atoms with E-state index in [1.54, 1.807) is 6.07 Å². The highest BCUT2D eigenvalue weighted by Gasteiger charge is 2.05. The first kappa shape index (κ1) is 13.0. The fourth-order valence-electron chi connectivity index (χ4n) is 1.33. The number of nitrogens with two attached hydrogens (primary N) is 1. The lowest BCUT2D eigenvalue weighted by Gasteiger charge is -2.12. The Balaban J connectivity index is 2.48. The molecule has 0 bridgehead atoms. The molecule has 1 amide bonds. The monoisotopic (exact) mass is 286 g/mol. The standard InChI is InChI=1S/C11H15BrN2O2/c1-7(4-11(13)16)14-6-8-2-3-10(15)9(12)5-8/h2-3,5,7,14-15H,4,6H2,1H3,(H2,13,16). The van der Waals surface area contributed by atoms with Gasteiger partial charge < -0.3 is 16.2 Å². The van der Waals surface area contributed by atoms with Crippen LogP contribution in [0.2, 0.25) is 0 Å². The van der Waals surface area contributed by atoms with Crippen LogP contribution < -0.4 is 11.1 Å². The number of carbonyl (C=O) groups excluding carboxylic acids is 1. The normalized spacial score (nSPS) is 12.4. The number of amides is 1. The first-order valence-electron chi connectivity index (χ1n) is 4.98. The maximum absolute atomic E-state index is 10.7. The van der Waals surface area contributed by atoms with Crippen molar-refractivity contribution in [2.45, 2.75) is 25.9 Å². The van der Waals surface area contributed by atoms with E-state index in [2.05, 4.69) is 21.2 Å². The smallest absolute Gasteiger partial charge is 0.218 e. The highest BCUT2D eigenvalue weighted by atomic mass is 79.9. The van der Waals surface area contributed by atoms with E-state index < -0.39 is 0 Å². The van der Waals surface area contributed by atoms with Crippen LogP contribution >= 0.6 is 15.9 Å². The second-order valence-electron chi connectivity index (χ2n) is 3.74. The molecule has 5 heteroatoms. The molecule has 0 heterocycles. The minimum atomic E-state index is -0.313. The fourth-order valence-corrected chi connectivity index (χ4v) is 1.75. The maximum Gasteiger partial charge on any atom is 0.218 e.